The molecular weight excluding hydrogens is 1230 g/mol. The second kappa shape index (κ2) is 33.0. The van der Waals surface area contributed by atoms with E-state index >= 15 is 0 Å². The minimum atomic E-state index is -1.23. The Morgan fingerprint density at radius 1 is 0.269 bits per heavy atom. The molecule has 8 rings (SSSR count). The third-order valence-corrected chi connectivity index (χ3v) is 17.8. The molecule has 4 aliphatic rings. The summed E-state index contributed by atoms with van der Waals surface area (Å²) in [5, 5.41) is 0. The van der Waals surface area contributed by atoms with Crippen molar-refractivity contribution in [3.05, 3.63) is 95.1 Å². The average molecular weight is 1310 g/mol. The van der Waals surface area contributed by atoms with Gasteiger partial charge in [-0.15, -0.1) is 0 Å². The molecule has 93 heavy (non-hydrogen) atoms. The number of rotatable bonds is 20. The summed E-state index contributed by atoms with van der Waals surface area (Å²) in [5.74, 6) is -2.01. The average Bonchev–Trinajstić information content (AvgIpc) is 0.739. The summed E-state index contributed by atoms with van der Waals surface area (Å²) < 4.78 is 65.1. The molecule has 0 atom stereocenters. The normalized spacial score (nSPS) is 21.5. The first-order valence-electron chi connectivity index (χ1n) is 30.2. The molecule has 0 heterocycles. The van der Waals surface area contributed by atoms with E-state index in [0.717, 1.165) is 0 Å². The van der Waals surface area contributed by atoms with Gasteiger partial charge in [-0.3, -0.25) is 0 Å². The Labute approximate surface area is 535 Å². The molecule has 4 saturated carbocycles. The maximum atomic E-state index is 13.2. The zero-order valence-corrected chi connectivity index (χ0v) is 52.8. The van der Waals surface area contributed by atoms with Crippen molar-refractivity contribution in [1.29, 1.82) is 0 Å². The predicted octanol–water partition coefficient (Wildman–Crippen LogP) is 12.0. The van der Waals surface area contributed by atoms with Crippen LogP contribution in [0, 0.1) is 29.1 Å². The van der Waals surface area contributed by atoms with Gasteiger partial charge in [0.05, 0.1) is 56.9 Å². The van der Waals surface area contributed by atoms with Gasteiger partial charge in [-0.25, -0.2) is 58.3 Å². The molecular formula is C65H76O28. The van der Waals surface area contributed by atoms with Gasteiger partial charge in [0.1, 0.15) is 92.7 Å². The molecule has 0 saturated heterocycles. The molecule has 0 spiro atoms. The van der Waals surface area contributed by atoms with E-state index in [1.807, 2.05) is 0 Å². The summed E-state index contributed by atoms with van der Waals surface area (Å²) in [5.41, 5.74) is -0.627. The molecule has 0 aromatic heterocycles. The molecule has 0 N–H and O–H groups in total. The van der Waals surface area contributed by atoms with Gasteiger partial charge in [0.15, 0.2) is 0 Å². The van der Waals surface area contributed by atoms with E-state index in [0.29, 0.717) is 126 Å². The van der Waals surface area contributed by atoms with Gasteiger partial charge in [-0.1, -0.05) is 0 Å². The molecule has 4 aliphatic carbocycles. The second-order valence-electron chi connectivity index (χ2n) is 22.4. The molecule has 0 amide bonds. The highest BCUT2D eigenvalue weighted by Gasteiger charge is 2.57. The Morgan fingerprint density at radius 2 is 0.462 bits per heavy atom. The minimum absolute atomic E-state index is 0.0286. The lowest BCUT2D eigenvalue weighted by atomic mass is 9.45. The van der Waals surface area contributed by atoms with Gasteiger partial charge in [-0.2, -0.15) is 19.2 Å². The Balaban J connectivity index is 0.989. The standard InChI is InChI=1S/C65H76O28/c1-74-45-25-29-49(53(33-45)78-5)57(66)86-90-61(70)82-41-17-9-37(10-18-41)65(38-11-19-42(20-12-38)83-62(71)91-87-58(67)50-30-26-46(75-2)34-54(50)79-6,39-13-21-43(22-14-39)84-63(72)92-88-59(68)51-31-27-47(76-3)35-55(51)80-7)40-15-23-44(24-16-40)85-64(73)93-89-60(69)52-32-28-48(77-4)36-56(52)81-8/h25-44H,9-24H2,1-8H3. The van der Waals surface area contributed by atoms with Crippen LogP contribution in [0.2, 0.25) is 0 Å². The zero-order chi connectivity index (χ0) is 66.6. The number of carbonyl (C=O) groups excluding carboxylic acids is 8. The van der Waals surface area contributed by atoms with Crippen molar-refractivity contribution in [2.24, 2.45) is 29.1 Å². The van der Waals surface area contributed by atoms with Crippen molar-refractivity contribution < 1.29 is 134 Å². The molecule has 4 aromatic rings. The van der Waals surface area contributed by atoms with Crippen molar-refractivity contribution in [3.8, 4) is 46.0 Å². The van der Waals surface area contributed by atoms with E-state index in [1.54, 1.807) is 0 Å². The zero-order valence-electron chi connectivity index (χ0n) is 52.8. The maximum absolute atomic E-state index is 13.2. The Bertz CT molecular complexity index is 2810. The van der Waals surface area contributed by atoms with Crippen molar-refractivity contribution >= 4 is 48.5 Å². The van der Waals surface area contributed by atoms with Gasteiger partial charge in [0.2, 0.25) is 0 Å². The lowest BCUT2D eigenvalue weighted by molar-refractivity contribution is -0.213. The number of methoxy groups -OCH3 is 8. The highest BCUT2D eigenvalue weighted by Crippen LogP contribution is 2.63. The number of hydrogen-bond donors (Lipinski definition) is 0. The first kappa shape index (κ1) is 69.1. The molecule has 4 fully saturated rings. The van der Waals surface area contributed by atoms with Crippen LogP contribution in [0.5, 0.6) is 46.0 Å². The summed E-state index contributed by atoms with van der Waals surface area (Å²) >= 11 is 0. The van der Waals surface area contributed by atoms with Crippen LogP contribution < -0.4 is 37.9 Å². The maximum Gasteiger partial charge on any atom is 0.550 e. The molecule has 0 bridgehead atoms. The van der Waals surface area contributed by atoms with Crippen LogP contribution in [0.3, 0.4) is 0 Å². The topological polar surface area (TPSA) is 321 Å². The number of benzene rings is 4. The van der Waals surface area contributed by atoms with Crippen LogP contribution >= 0.6 is 0 Å². The van der Waals surface area contributed by atoms with Crippen LogP contribution in [-0.4, -0.2) is 130 Å². The summed E-state index contributed by atoms with van der Waals surface area (Å²) in [6.45, 7) is 0. The van der Waals surface area contributed by atoms with Crippen molar-refractivity contribution in [3.63, 3.8) is 0 Å². The third-order valence-electron chi connectivity index (χ3n) is 17.8. The molecule has 0 radical (unpaired) electrons. The third kappa shape index (κ3) is 17.4. The lowest BCUT2D eigenvalue weighted by Gasteiger charge is -2.60. The highest BCUT2D eigenvalue weighted by atomic mass is 17.3. The summed E-state index contributed by atoms with van der Waals surface area (Å²) in [6, 6.07) is 17.5. The van der Waals surface area contributed by atoms with Crippen LogP contribution in [0.15, 0.2) is 72.8 Å². The lowest BCUT2D eigenvalue weighted by Crippen LogP contribution is -2.54. The van der Waals surface area contributed by atoms with E-state index in [1.165, 1.54) is 130 Å². The van der Waals surface area contributed by atoms with Gasteiger partial charge in [0, 0.05) is 24.3 Å². The molecule has 0 unspecified atom stereocenters. The van der Waals surface area contributed by atoms with Crippen LogP contribution in [0.4, 0.5) is 19.2 Å². The first-order chi connectivity index (χ1) is 45.0. The van der Waals surface area contributed by atoms with Gasteiger partial charge < -0.3 is 56.8 Å². The smallest absolute Gasteiger partial charge is 0.497 e. The number of hydrogen-bond acceptors (Lipinski definition) is 28. The molecule has 28 heteroatoms. The monoisotopic (exact) mass is 1300 g/mol. The summed E-state index contributed by atoms with van der Waals surface area (Å²) in [4.78, 5) is 144. The Hall–Kier alpha value is -9.76. The first-order valence-corrected chi connectivity index (χ1v) is 30.2. The van der Waals surface area contributed by atoms with Crippen molar-refractivity contribution in [1.82, 2.24) is 0 Å². The summed E-state index contributed by atoms with van der Waals surface area (Å²) in [7, 11) is 11.2. The van der Waals surface area contributed by atoms with Crippen LogP contribution in [0.1, 0.15) is 144 Å². The Morgan fingerprint density at radius 3 is 0.634 bits per heavy atom. The van der Waals surface area contributed by atoms with Crippen LogP contribution in [-0.2, 0) is 58.0 Å². The van der Waals surface area contributed by atoms with Crippen LogP contribution in [0.25, 0.3) is 0 Å². The van der Waals surface area contributed by atoms with Crippen molar-refractivity contribution in [2.45, 2.75) is 127 Å². The molecule has 28 nitrogen and oxygen atoms in total. The number of carbonyl (C=O) groups is 8. The number of ether oxygens (including phenoxy) is 12. The predicted molar refractivity (Wildman–Crippen MR) is 316 cm³/mol. The minimum Gasteiger partial charge on any atom is -0.497 e. The van der Waals surface area contributed by atoms with E-state index in [4.69, 9.17) is 95.9 Å². The Kier molecular flexibility index (Phi) is 24.5. The van der Waals surface area contributed by atoms with Gasteiger partial charge in [0.25, 0.3) is 0 Å². The largest absolute Gasteiger partial charge is 0.550 e. The van der Waals surface area contributed by atoms with E-state index < -0.39 is 78.3 Å². The second-order valence-corrected chi connectivity index (χ2v) is 22.4. The molecule has 0 aliphatic heterocycles. The fourth-order valence-electron chi connectivity index (χ4n) is 13.7. The summed E-state index contributed by atoms with van der Waals surface area (Å²) in [6.07, 6.45) is 0.198. The van der Waals surface area contributed by atoms with Gasteiger partial charge in [-0.05, 0) is 180 Å². The quantitative estimate of drug-likeness (QED) is 0.0343. The molecule has 4 aromatic carbocycles. The van der Waals surface area contributed by atoms with Gasteiger partial charge >= 0.3 is 48.5 Å². The molecule has 504 valence electrons. The van der Waals surface area contributed by atoms with E-state index in [2.05, 4.69) is 0 Å². The SMILES string of the molecule is COc1ccc(C(=O)OOC(=O)OC2CCC(C(C3CCC(OC(=O)OOC(=O)c4ccc(OC)cc4OC)CC3)(C3CCC(OC(=O)OOC(=O)c4ccc(OC)cc4OC)CC3)C3CCC(OC(=O)OOC(=O)c4ccc(OC)cc4OC)CC3)CC2)c(OC)c1. The fourth-order valence-corrected chi connectivity index (χ4v) is 13.7. The highest BCUT2D eigenvalue weighted by molar-refractivity contribution is 5.94. The van der Waals surface area contributed by atoms with E-state index in [-0.39, 0.29) is 68.9 Å². The fraction of sp³-hybridized carbons (Fsp3) is 0.508. The van der Waals surface area contributed by atoms with Crippen molar-refractivity contribution in [2.75, 3.05) is 56.9 Å². The van der Waals surface area contributed by atoms with E-state index in [9.17, 15) is 38.4 Å².